The van der Waals surface area contributed by atoms with Gasteiger partial charge >= 0.3 is 0 Å². The van der Waals surface area contributed by atoms with Crippen LogP contribution in [-0.4, -0.2) is 18.0 Å². The number of amides is 1. The van der Waals surface area contributed by atoms with Gasteiger partial charge in [0.2, 0.25) is 0 Å². The van der Waals surface area contributed by atoms with E-state index in [0.717, 1.165) is 0 Å². The number of aromatic nitrogens is 1. The molecule has 1 heterocycles. The standard InChI is InChI=1S/C9H8ClN3O2/c1-4-5(3-11)13-8(10)6(9(12)14)7(4)15-2/h1-2H3,(H2,12,14). The van der Waals surface area contributed by atoms with E-state index in [1.165, 1.54) is 7.11 Å². The van der Waals surface area contributed by atoms with Gasteiger partial charge in [-0.25, -0.2) is 4.98 Å². The molecule has 0 aliphatic rings. The van der Waals surface area contributed by atoms with Crippen molar-refractivity contribution in [2.75, 3.05) is 7.11 Å². The predicted molar refractivity (Wildman–Crippen MR) is 53.8 cm³/mol. The van der Waals surface area contributed by atoms with E-state index < -0.39 is 5.91 Å². The van der Waals surface area contributed by atoms with Gasteiger partial charge in [-0.3, -0.25) is 4.79 Å². The molecule has 0 saturated heterocycles. The summed E-state index contributed by atoms with van der Waals surface area (Å²) >= 11 is 5.72. The molecule has 0 aliphatic carbocycles. The molecule has 15 heavy (non-hydrogen) atoms. The van der Waals surface area contributed by atoms with E-state index in [1.807, 2.05) is 6.07 Å². The van der Waals surface area contributed by atoms with Crippen LogP contribution in [-0.2, 0) is 0 Å². The Hall–Kier alpha value is -1.80. The zero-order valence-corrected chi connectivity index (χ0v) is 8.92. The quantitative estimate of drug-likeness (QED) is 0.761. The van der Waals surface area contributed by atoms with Crippen molar-refractivity contribution in [1.29, 1.82) is 5.26 Å². The van der Waals surface area contributed by atoms with E-state index in [1.54, 1.807) is 6.92 Å². The first-order chi connectivity index (χ1) is 7.02. The topological polar surface area (TPSA) is 89.0 Å². The SMILES string of the molecule is COc1c(C)c(C#N)nc(Cl)c1C(N)=O. The van der Waals surface area contributed by atoms with Crippen LogP contribution in [0.1, 0.15) is 21.6 Å². The lowest BCUT2D eigenvalue weighted by Crippen LogP contribution is -2.15. The summed E-state index contributed by atoms with van der Waals surface area (Å²) < 4.78 is 4.98. The number of nitriles is 1. The summed E-state index contributed by atoms with van der Waals surface area (Å²) in [7, 11) is 1.37. The molecular weight excluding hydrogens is 218 g/mol. The van der Waals surface area contributed by atoms with Crippen LogP contribution >= 0.6 is 11.6 Å². The summed E-state index contributed by atoms with van der Waals surface area (Å²) in [4.78, 5) is 14.8. The highest BCUT2D eigenvalue weighted by molar-refractivity contribution is 6.33. The molecule has 0 saturated carbocycles. The van der Waals surface area contributed by atoms with E-state index in [2.05, 4.69) is 4.98 Å². The minimum Gasteiger partial charge on any atom is -0.495 e. The number of hydrogen-bond donors (Lipinski definition) is 1. The van der Waals surface area contributed by atoms with Crippen molar-refractivity contribution >= 4 is 17.5 Å². The Morgan fingerprint density at radius 3 is 2.67 bits per heavy atom. The van der Waals surface area contributed by atoms with Crippen molar-refractivity contribution in [1.82, 2.24) is 4.98 Å². The second-order valence-corrected chi connectivity index (χ2v) is 3.12. The van der Waals surface area contributed by atoms with Crippen molar-refractivity contribution in [3.05, 3.63) is 22.0 Å². The Kier molecular flexibility index (Phi) is 3.12. The number of primary amides is 1. The normalized spacial score (nSPS) is 9.47. The number of hydrogen-bond acceptors (Lipinski definition) is 4. The fourth-order valence-corrected chi connectivity index (χ4v) is 1.47. The summed E-state index contributed by atoms with van der Waals surface area (Å²) in [5, 5.41) is 8.63. The number of rotatable bonds is 2. The third-order valence-corrected chi connectivity index (χ3v) is 2.17. The lowest BCUT2D eigenvalue weighted by atomic mass is 10.1. The van der Waals surface area contributed by atoms with Crippen LogP contribution in [0.5, 0.6) is 5.75 Å². The van der Waals surface area contributed by atoms with E-state index in [-0.39, 0.29) is 22.2 Å². The summed E-state index contributed by atoms with van der Waals surface area (Å²) in [6.07, 6.45) is 0. The second kappa shape index (κ2) is 4.15. The number of halogens is 1. The molecule has 6 heteroatoms. The Labute approximate surface area is 91.4 Å². The third kappa shape index (κ3) is 1.85. The van der Waals surface area contributed by atoms with Crippen molar-refractivity contribution in [3.63, 3.8) is 0 Å². The maximum absolute atomic E-state index is 11.1. The Balaban J connectivity index is 3.62. The molecule has 0 bridgehead atoms. The van der Waals surface area contributed by atoms with Gasteiger partial charge in [-0.1, -0.05) is 11.6 Å². The fourth-order valence-electron chi connectivity index (χ4n) is 1.20. The maximum Gasteiger partial charge on any atom is 0.255 e. The molecule has 0 radical (unpaired) electrons. The van der Waals surface area contributed by atoms with Gasteiger partial charge in [0.1, 0.15) is 28.2 Å². The van der Waals surface area contributed by atoms with Gasteiger partial charge in [0, 0.05) is 5.56 Å². The lowest BCUT2D eigenvalue weighted by molar-refractivity contribution is 0.0997. The second-order valence-electron chi connectivity index (χ2n) is 2.76. The molecule has 2 N–H and O–H groups in total. The van der Waals surface area contributed by atoms with Gasteiger partial charge in [-0.15, -0.1) is 0 Å². The number of nitrogens with two attached hydrogens (primary N) is 1. The predicted octanol–water partition coefficient (Wildman–Crippen LogP) is 1.02. The first kappa shape index (κ1) is 11.3. The molecule has 1 aromatic rings. The molecule has 1 amide bonds. The highest BCUT2D eigenvalue weighted by atomic mass is 35.5. The largest absolute Gasteiger partial charge is 0.495 e. The Bertz CT molecular complexity index is 465. The average Bonchev–Trinajstić information content (AvgIpc) is 2.19. The Morgan fingerprint density at radius 2 is 2.27 bits per heavy atom. The highest BCUT2D eigenvalue weighted by Gasteiger charge is 2.20. The fraction of sp³-hybridized carbons (Fsp3) is 0.222. The van der Waals surface area contributed by atoms with Gasteiger partial charge < -0.3 is 10.5 Å². The molecule has 0 spiro atoms. The average molecular weight is 226 g/mol. The van der Waals surface area contributed by atoms with Gasteiger partial charge in [-0.05, 0) is 6.92 Å². The number of pyridine rings is 1. The van der Waals surface area contributed by atoms with Crippen LogP contribution in [0.3, 0.4) is 0 Å². The van der Waals surface area contributed by atoms with Crippen LogP contribution < -0.4 is 10.5 Å². The zero-order chi connectivity index (χ0) is 11.6. The summed E-state index contributed by atoms with van der Waals surface area (Å²) in [6.45, 7) is 1.60. The van der Waals surface area contributed by atoms with Crippen molar-refractivity contribution in [3.8, 4) is 11.8 Å². The molecule has 78 valence electrons. The van der Waals surface area contributed by atoms with Gasteiger partial charge in [-0.2, -0.15) is 5.26 Å². The summed E-state index contributed by atoms with van der Waals surface area (Å²) in [5.74, 6) is -0.545. The van der Waals surface area contributed by atoms with Gasteiger partial charge in [0.25, 0.3) is 5.91 Å². The molecule has 0 aliphatic heterocycles. The molecule has 0 unspecified atom stereocenters. The van der Waals surface area contributed by atoms with Crippen LogP contribution in [0.25, 0.3) is 0 Å². The van der Waals surface area contributed by atoms with Crippen molar-refractivity contribution in [2.24, 2.45) is 5.73 Å². The highest BCUT2D eigenvalue weighted by Crippen LogP contribution is 2.29. The van der Waals surface area contributed by atoms with Crippen molar-refractivity contribution in [2.45, 2.75) is 6.92 Å². The minimum atomic E-state index is -0.739. The molecular formula is C9H8ClN3O2. The van der Waals surface area contributed by atoms with Crippen LogP contribution in [0.2, 0.25) is 5.15 Å². The smallest absolute Gasteiger partial charge is 0.255 e. The number of carbonyl (C=O) groups excluding carboxylic acids is 1. The van der Waals surface area contributed by atoms with Crippen LogP contribution in [0, 0.1) is 18.3 Å². The number of nitrogens with zero attached hydrogens (tertiary/aromatic N) is 2. The molecule has 5 nitrogen and oxygen atoms in total. The van der Waals surface area contributed by atoms with E-state index in [0.29, 0.717) is 5.56 Å². The lowest BCUT2D eigenvalue weighted by Gasteiger charge is -2.10. The van der Waals surface area contributed by atoms with Crippen LogP contribution in [0.4, 0.5) is 0 Å². The van der Waals surface area contributed by atoms with Crippen LogP contribution in [0.15, 0.2) is 0 Å². The summed E-state index contributed by atoms with van der Waals surface area (Å²) in [5.41, 5.74) is 5.68. The molecule has 1 rings (SSSR count). The zero-order valence-electron chi connectivity index (χ0n) is 8.17. The number of methoxy groups -OCH3 is 1. The Morgan fingerprint density at radius 1 is 1.67 bits per heavy atom. The first-order valence-electron chi connectivity index (χ1n) is 3.96. The van der Waals surface area contributed by atoms with Gasteiger partial charge in [0.15, 0.2) is 0 Å². The monoisotopic (exact) mass is 225 g/mol. The molecule has 0 aromatic carbocycles. The van der Waals surface area contributed by atoms with E-state index >= 15 is 0 Å². The van der Waals surface area contributed by atoms with E-state index in [9.17, 15) is 4.79 Å². The maximum atomic E-state index is 11.1. The number of ether oxygens (including phenoxy) is 1. The number of carbonyl (C=O) groups is 1. The summed E-state index contributed by atoms with van der Waals surface area (Å²) in [6, 6.07) is 1.85. The van der Waals surface area contributed by atoms with Gasteiger partial charge in [0.05, 0.1) is 7.11 Å². The van der Waals surface area contributed by atoms with E-state index in [4.69, 9.17) is 27.3 Å². The van der Waals surface area contributed by atoms with Crippen molar-refractivity contribution < 1.29 is 9.53 Å². The first-order valence-corrected chi connectivity index (χ1v) is 4.34. The third-order valence-electron chi connectivity index (χ3n) is 1.90. The minimum absolute atomic E-state index is 0.00401. The molecule has 1 aromatic heterocycles. The molecule has 0 atom stereocenters. The molecule has 0 fully saturated rings.